The van der Waals surface area contributed by atoms with Crippen molar-refractivity contribution in [1.82, 2.24) is 4.98 Å². The molecule has 12 heavy (non-hydrogen) atoms. The van der Waals surface area contributed by atoms with Crippen molar-refractivity contribution in [3.8, 4) is 12.5 Å². The van der Waals surface area contributed by atoms with Crippen molar-refractivity contribution in [3.05, 3.63) is 16.2 Å². The van der Waals surface area contributed by atoms with E-state index in [0.717, 1.165) is 5.56 Å². The number of halogens is 1. The first-order valence-corrected chi connectivity index (χ1v) is 4.08. The first kappa shape index (κ1) is 8.88. The van der Waals surface area contributed by atoms with Crippen molar-refractivity contribution in [2.24, 2.45) is 0 Å². The highest BCUT2D eigenvalue weighted by molar-refractivity contribution is 9.10. The van der Waals surface area contributed by atoms with Crippen LogP contribution in [-0.4, -0.2) is 4.98 Å². The highest BCUT2D eigenvalue weighted by Gasteiger charge is 2.03. The minimum Gasteiger partial charge on any atom is -0.382 e. The maximum atomic E-state index is 5.61. The van der Waals surface area contributed by atoms with Crippen LogP contribution in [0.2, 0.25) is 0 Å². The van der Waals surface area contributed by atoms with Crippen LogP contribution in [0.5, 0.6) is 0 Å². The largest absolute Gasteiger partial charge is 0.382 e. The molecule has 0 aromatic carbocycles. The van der Waals surface area contributed by atoms with Gasteiger partial charge in [-0.05, 0) is 34.5 Å². The molecule has 0 unspecified atom stereocenters. The minimum absolute atomic E-state index is 0.403. The fourth-order valence-electron chi connectivity index (χ4n) is 0.891. The third-order valence-electron chi connectivity index (χ3n) is 1.41. The number of rotatable bonds is 1. The lowest BCUT2D eigenvalue weighted by atomic mass is 10.2. The van der Waals surface area contributed by atoms with Crippen LogP contribution in [-0.2, 0) is 0 Å². The highest BCUT2D eigenvalue weighted by atomic mass is 79.9. The summed E-state index contributed by atoms with van der Waals surface area (Å²) >= 11 is 3.23. The van der Waals surface area contributed by atoms with Gasteiger partial charge in [0.25, 0.3) is 0 Å². The number of terminal acetylenes is 1. The lowest BCUT2D eigenvalue weighted by Crippen LogP contribution is -2.00. The molecule has 1 aromatic rings. The van der Waals surface area contributed by atoms with E-state index in [1.807, 2.05) is 13.0 Å². The summed E-state index contributed by atoms with van der Waals surface area (Å²) in [5.41, 5.74) is 7.27. The molecule has 1 heterocycles. The Hall–Kier alpha value is -1.21. The molecule has 0 fully saturated rings. The minimum atomic E-state index is 0.403. The zero-order valence-corrected chi connectivity index (χ0v) is 8.14. The van der Waals surface area contributed by atoms with Crippen LogP contribution in [0.1, 0.15) is 5.56 Å². The van der Waals surface area contributed by atoms with Crippen molar-refractivity contribution in [1.29, 1.82) is 0 Å². The summed E-state index contributed by atoms with van der Waals surface area (Å²) in [5, 5.41) is 2.69. The summed E-state index contributed by atoms with van der Waals surface area (Å²) in [6.07, 6.45) is 5.08. The van der Waals surface area contributed by atoms with E-state index in [9.17, 15) is 0 Å². The van der Waals surface area contributed by atoms with Crippen molar-refractivity contribution in [2.75, 3.05) is 11.1 Å². The first-order valence-electron chi connectivity index (χ1n) is 3.29. The van der Waals surface area contributed by atoms with E-state index in [0.29, 0.717) is 16.1 Å². The average molecular weight is 226 g/mol. The molecule has 3 nitrogen and oxygen atoms in total. The van der Waals surface area contributed by atoms with E-state index in [2.05, 4.69) is 32.3 Å². The van der Waals surface area contributed by atoms with Crippen molar-refractivity contribution in [3.63, 3.8) is 0 Å². The lowest BCUT2D eigenvalue weighted by Gasteiger charge is -2.06. The van der Waals surface area contributed by atoms with Crippen molar-refractivity contribution >= 4 is 27.4 Å². The first-order chi connectivity index (χ1) is 5.65. The van der Waals surface area contributed by atoms with Crippen LogP contribution in [0, 0.1) is 19.4 Å². The number of nitrogens with two attached hydrogens (primary N) is 1. The predicted octanol–water partition coefficient (Wildman–Crippen LogP) is 1.74. The van der Waals surface area contributed by atoms with Crippen LogP contribution in [0.4, 0.5) is 11.5 Å². The molecule has 3 N–H and O–H groups in total. The standard InChI is InChI=1S/C8H8BrN3/c1-3-11-7-5(2)4-6(9)12-8(7)10/h1,4,11H,2H3,(H2,10,12). The van der Waals surface area contributed by atoms with Gasteiger partial charge in [-0.2, -0.15) is 0 Å². The maximum Gasteiger partial charge on any atom is 0.149 e. The average Bonchev–Trinajstić information content (AvgIpc) is 1.96. The second kappa shape index (κ2) is 3.46. The Morgan fingerprint density at radius 1 is 1.75 bits per heavy atom. The Kier molecular flexibility index (Phi) is 2.56. The number of hydrogen-bond donors (Lipinski definition) is 2. The van der Waals surface area contributed by atoms with Gasteiger partial charge in [0, 0.05) is 6.04 Å². The van der Waals surface area contributed by atoms with Crippen molar-refractivity contribution < 1.29 is 0 Å². The molecule has 1 aromatic heterocycles. The summed E-state index contributed by atoms with van der Waals surface area (Å²) < 4.78 is 0.708. The number of pyridine rings is 1. The molecule has 4 heteroatoms. The third-order valence-corrected chi connectivity index (χ3v) is 1.82. The molecule has 0 aliphatic carbocycles. The molecule has 0 amide bonds. The summed E-state index contributed by atoms with van der Waals surface area (Å²) in [7, 11) is 0. The van der Waals surface area contributed by atoms with Gasteiger partial charge in [-0.1, -0.05) is 6.42 Å². The monoisotopic (exact) mass is 225 g/mol. The number of nitrogens with zero attached hydrogens (tertiary/aromatic N) is 1. The van der Waals surface area contributed by atoms with E-state index in [1.165, 1.54) is 0 Å². The molecule has 0 saturated carbocycles. The molecule has 1 rings (SSSR count). The van der Waals surface area contributed by atoms with Gasteiger partial charge in [-0.3, -0.25) is 0 Å². The molecule has 62 valence electrons. The fraction of sp³-hybridized carbons (Fsp3) is 0.125. The summed E-state index contributed by atoms with van der Waals surface area (Å²) in [6.45, 7) is 1.91. The Labute approximate surface area is 79.5 Å². The van der Waals surface area contributed by atoms with E-state index in [1.54, 1.807) is 0 Å². The zero-order chi connectivity index (χ0) is 9.14. The van der Waals surface area contributed by atoms with Gasteiger partial charge in [0.1, 0.15) is 10.4 Å². The van der Waals surface area contributed by atoms with Gasteiger partial charge in [-0.25, -0.2) is 4.98 Å². The maximum absolute atomic E-state index is 5.61. The van der Waals surface area contributed by atoms with E-state index >= 15 is 0 Å². The number of hydrogen-bond acceptors (Lipinski definition) is 3. The predicted molar refractivity (Wildman–Crippen MR) is 53.5 cm³/mol. The lowest BCUT2D eigenvalue weighted by molar-refractivity contribution is 1.25. The van der Waals surface area contributed by atoms with E-state index < -0.39 is 0 Å². The Morgan fingerprint density at radius 2 is 2.42 bits per heavy atom. The molecule has 0 bridgehead atoms. The Bertz CT molecular complexity index is 318. The molecule has 0 saturated heterocycles. The van der Waals surface area contributed by atoms with Crippen LogP contribution in [0.3, 0.4) is 0 Å². The number of nitrogens with one attached hydrogen (secondary N) is 1. The van der Waals surface area contributed by atoms with Gasteiger partial charge in [0.05, 0.1) is 5.69 Å². The normalized spacial score (nSPS) is 9.08. The zero-order valence-electron chi connectivity index (χ0n) is 6.56. The Balaban J connectivity index is 3.21. The topological polar surface area (TPSA) is 50.9 Å². The number of aromatic nitrogens is 1. The number of anilines is 2. The van der Waals surface area contributed by atoms with E-state index in [-0.39, 0.29) is 0 Å². The molecule has 0 radical (unpaired) electrons. The van der Waals surface area contributed by atoms with Gasteiger partial charge < -0.3 is 11.1 Å². The van der Waals surface area contributed by atoms with Crippen LogP contribution in [0.25, 0.3) is 0 Å². The molecule has 0 spiro atoms. The highest BCUT2D eigenvalue weighted by Crippen LogP contribution is 2.23. The Morgan fingerprint density at radius 3 is 2.92 bits per heavy atom. The van der Waals surface area contributed by atoms with Crippen LogP contribution in [0.15, 0.2) is 10.7 Å². The second-order valence-corrected chi connectivity index (χ2v) is 3.10. The van der Waals surface area contributed by atoms with Gasteiger partial charge in [-0.15, -0.1) is 0 Å². The molecular weight excluding hydrogens is 218 g/mol. The van der Waals surface area contributed by atoms with Crippen LogP contribution >= 0.6 is 15.9 Å². The third kappa shape index (κ3) is 1.69. The molecule has 0 atom stereocenters. The van der Waals surface area contributed by atoms with Crippen LogP contribution < -0.4 is 11.1 Å². The van der Waals surface area contributed by atoms with Gasteiger partial charge in [0.15, 0.2) is 0 Å². The number of nitrogen functional groups attached to an aromatic ring is 1. The summed E-state index contributed by atoms with van der Waals surface area (Å²) in [6, 6.07) is 4.14. The van der Waals surface area contributed by atoms with Gasteiger partial charge in [0.2, 0.25) is 0 Å². The van der Waals surface area contributed by atoms with Crippen molar-refractivity contribution in [2.45, 2.75) is 6.92 Å². The SMILES string of the molecule is C#CNc1c(C)cc(Br)nc1N. The fourth-order valence-corrected chi connectivity index (χ4v) is 1.43. The quantitative estimate of drug-likeness (QED) is 0.435. The van der Waals surface area contributed by atoms with Gasteiger partial charge >= 0.3 is 0 Å². The number of aryl methyl sites for hydroxylation is 1. The summed E-state index contributed by atoms with van der Waals surface area (Å²) in [4.78, 5) is 3.99. The van der Waals surface area contributed by atoms with E-state index in [4.69, 9.17) is 12.2 Å². The summed E-state index contributed by atoms with van der Waals surface area (Å²) in [5.74, 6) is 0.403. The molecular formula is C8H8BrN3. The molecule has 0 aliphatic heterocycles. The second-order valence-electron chi connectivity index (χ2n) is 2.29. The molecule has 0 aliphatic rings. The smallest absolute Gasteiger partial charge is 0.149 e.